The van der Waals surface area contributed by atoms with Crippen LogP contribution in [0.2, 0.25) is 0 Å². The predicted octanol–water partition coefficient (Wildman–Crippen LogP) is 1.46. The number of hydrogen-bond donors (Lipinski definition) is 2. The predicted molar refractivity (Wildman–Crippen MR) is 65.7 cm³/mol. The maximum Gasteiger partial charge on any atom is 0.223 e. The average molecular weight is 222 g/mol. The maximum atomic E-state index is 11.4. The zero-order valence-electron chi connectivity index (χ0n) is 9.73. The minimum Gasteiger partial charge on any atom is -0.395 e. The van der Waals surface area contributed by atoms with Crippen LogP contribution < -0.4 is 10.2 Å². The van der Waals surface area contributed by atoms with E-state index in [1.165, 1.54) is 6.92 Å². The largest absolute Gasteiger partial charge is 0.395 e. The van der Waals surface area contributed by atoms with E-state index in [2.05, 4.69) is 5.32 Å². The number of benzene rings is 1. The van der Waals surface area contributed by atoms with Gasteiger partial charge in [0.2, 0.25) is 5.91 Å². The van der Waals surface area contributed by atoms with E-state index in [1.807, 2.05) is 31.2 Å². The van der Waals surface area contributed by atoms with Gasteiger partial charge in [0.15, 0.2) is 0 Å². The molecule has 0 radical (unpaired) electrons. The van der Waals surface area contributed by atoms with E-state index in [1.54, 1.807) is 4.90 Å². The topological polar surface area (TPSA) is 52.6 Å². The Morgan fingerprint density at radius 3 is 2.81 bits per heavy atom. The van der Waals surface area contributed by atoms with Crippen molar-refractivity contribution in [3.63, 3.8) is 0 Å². The number of carbonyl (C=O) groups is 1. The lowest BCUT2D eigenvalue weighted by atomic mass is 10.2. The monoisotopic (exact) mass is 222 g/mol. The number of nitrogens with zero attached hydrogens (tertiary/aromatic N) is 1. The maximum absolute atomic E-state index is 11.4. The van der Waals surface area contributed by atoms with Gasteiger partial charge in [0.25, 0.3) is 0 Å². The van der Waals surface area contributed by atoms with Crippen molar-refractivity contribution < 1.29 is 9.90 Å². The molecular weight excluding hydrogens is 204 g/mol. The summed E-state index contributed by atoms with van der Waals surface area (Å²) in [6.45, 7) is 4.64. The van der Waals surface area contributed by atoms with Gasteiger partial charge in [-0.3, -0.25) is 4.79 Å². The summed E-state index contributed by atoms with van der Waals surface area (Å²) in [5.41, 5.74) is 1.78. The number of carbonyl (C=O) groups excluding carboxylic acids is 1. The zero-order valence-corrected chi connectivity index (χ0v) is 9.73. The third-order valence-corrected chi connectivity index (χ3v) is 2.24. The highest BCUT2D eigenvalue weighted by molar-refractivity contribution is 5.92. The van der Waals surface area contributed by atoms with E-state index in [0.717, 1.165) is 17.9 Å². The smallest absolute Gasteiger partial charge is 0.223 e. The molecule has 1 aromatic rings. The number of aliphatic hydroxyl groups excluding tert-OH is 1. The van der Waals surface area contributed by atoms with Gasteiger partial charge in [-0.05, 0) is 25.1 Å². The normalized spacial score (nSPS) is 9.94. The van der Waals surface area contributed by atoms with Crippen LogP contribution in [0.1, 0.15) is 13.8 Å². The van der Waals surface area contributed by atoms with Gasteiger partial charge in [0.1, 0.15) is 0 Å². The SMILES string of the molecule is CCNc1cccc(N(CCO)C(C)=O)c1. The molecule has 16 heavy (non-hydrogen) atoms. The Balaban J connectivity index is 2.90. The summed E-state index contributed by atoms with van der Waals surface area (Å²) in [6, 6.07) is 7.60. The fourth-order valence-electron chi connectivity index (χ4n) is 1.56. The van der Waals surface area contributed by atoms with Crippen molar-refractivity contribution in [2.75, 3.05) is 29.9 Å². The molecule has 0 unspecified atom stereocenters. The lowest BCUT2D eigenvalue weighted by Gasteiger charge is -2.20. The van der Waals surface area contributed by atoms with Crippen LogP contribution in [0.4, 0.5) is 11.4 Å². The first kappa shape index (κ1) is 12.5. The van der Waals surface area contributed by atoms with E-state index >= 15 is 0 Å². The van der Waals surface area contributed by atoms with Gasteiger partial charge in [-0.15, -0.1) is 0 Å². The van der Waals surface area contributed by atoms with Gasteiger partial charge < -0.3 is 15.3 Å². The molecule has 0 heterocycles. The Labute approximate surface area is 95.9 Å². The van der Waals surface area contributed by atoms with E-state index in [9.17, 15) is 4.79 Å². The Bertz CT molecular complexity index is 353. The highest BCUT2D eigenvalue weighted by atomic mass is 16.3. The van der Waals surface area contributed by atoms with Crippen LogP contribution in [0.5, 0.6) is 0 Å². The summed E-state index contributed by atoms with van der Waals surface area (Å²) in [6.07, 6.45) is 0. The lowest BCUT2D eigenvalue weighted by Crippen LogP contribution is -2.31. The standard InChI is InChI=1S/C12H18N2O2/c1-3-13-11-5-4-6-12(9-11)14(7-8-15)10(2)16/h4-6,9,13,15H,3,7-8H2,1-2H3. The molecule has 1 amide bonds. The van der Waals surface area contributed by atoms with Crippen molar-refractivity contribution in [2.45, 2.75) is 13.8 Å². The molecule has 4 nitrogen and oxygen atoms in total. The third-order valence-electron chi connectivity index (χ3n) is 2.24. The molecule has 0 aromatic heterocycles. The van der Waals surface area contributed by atoms with Gasteiger partial charge in [0.05, 0.1) is 6.61 Å². The van der Waals surface area contributed by atoms with Crippen LogP contribution in [-0.4, -0.2) is 30.7 Å². The van der Waals surface area contributed by atoms with Crippen LogP contribution in [-0.2, 0) is 4.79 Å². The van der Waals surface area contributed by atoms with E-state index in [0.29, 0.717) is 6.54 Å². The van der Waals surface area contributed by atoms with Gasteiger partial charge in [0, 0.05) is 31.4 Å². The molecular formula is C12H18N2O2. The molecule has 1 aromatic carbocycles. The molecule has 0 fully saturated rings. The summed E-state index contributed by atoms with van der Waals surface area (Å²) >= 11 is 0. The van der Waals surface area contributed by atoms with Crippen LogP contribution in [0.25, 0.3) is 0 Å². The molecule has 0 atom stereocenters. The first-order valence-corrected chi connectivity index (χ1v) is 5.42. The summed E-state index contributed by atoms with van der Waals surface area (Å²) < 4.78 is 0. The second kappa shape index (κ2) is 6.12. The molecule has 0 saturated heterocycles. The van der Waals surface area contributed by atoms with Crippen LogP contribution in [0, 0.1) is 0 Å². The lowest BCUT2D eigenvalue weighted by molar-refractivity contribution is -0.116. The third kappa shape index (κ3) is 3.24. The van der Waals surface area contributed by atoms with Crippen molar-refractivity contribution >= 4 is 17.3 Å². The average Bonchev–Trinajstić information content (AvgIpc) is 2.26. The van der Waals surface area contributed by atoms with Crippen molar-refractivity contribution in [2.24, 2.45) is 0 Å². The molecule has 0 bridgehead atoms. The van der Waals surface area contributed by atoms with Gasteiger partial charge >= 0.3 is 0 Å². The summed E-state index contributed by atoms with van der Waals surface area (Å²) in [7, 11) is 0. The molecule has 0 aliphatic carbocycles. The second-order valence-electron chi connectivity index (χ2n) is 3.47. The Morgan fingerprint density at radius 2 is 2.25 bits per heavy atom. The van der Waals surface area contributed by atoms with Crippen LogP contribution >= 0.6 is 0 Å². The van der Waals surface area contributed by atoms with E-state index in [4.69, 9.17) is 5.11 Å². The fraction of sp³-hybridized carbons (Fsp3) is 0.417. The van der Waals surface area contributed by atoms with E-state index in [-0.39, 0.29) is 12.5 Å². The Hall–Kier alpha value is -1.55. The van der Waals surface area contributed by atoms with Gasteiger partial charge in [-0.2, -0.15) is 0 Å². The van der Waals surface area contributed by atoms with Crippen molar-refractivity contribution in [3.05, 3.63) is 24.3 Å². The van der Waals surface area contributed by atoms with Crippen molar-refractivity contribution in [1.29, 1.82) is 0 Å². The molecule has 1 rings (SSSR count). The van der Waals surface area contributed by atoms with Gasteiger partial charge in [-0.1, -0.05) is 6.07 Å². The molecule has 0 aliphatic heterocycles. The highest BCUT2D eigenvalue weighted by Crippen LogP contribution is 2.19. The molecule has 4 heteroatoms. The zero-order chi connectivity index (χ0) is 12.0. The van der Waals surface area contributed by atoms with Crippen molar-refractivity contribution in [1.82, 2.24) is 0 Å². The number of rotatable bonds is 5. The minimum absolute atomic E-state index is 0.0367. The van der Waals surface area contributed by atoms with Crippen LogP contribution in [0.3, 0.4) is 0 Å². The number of aliphatic hydroxyl groups is 1. The first-order valence-electron chi connectivity index (χ1n) is 5.42. The second-order valence-corrected chi connectivity index (χ2v) is 3.47. The Morgan fingerprint density at radius 1 is 1.50 bits per heavy atom. The molecule has 2 N–H and O–H groups in total. The summed E-state index contributed by atoms with van der Waals surface area (Å²) in [4.78, 5) is 13.0. The minimum atomic E-state index is -0.0669. The number of anilines is 2. The Kier molecular flexibility index (Phi) is 4.79. The summed E-state index contributed by atoms with van der Waals surface area (Å²) in [5.74, 6) is -0.0669. The highest BCUT2D eigenvalue weighted by Gasteiger charge is 2.10. The van der Waals surface area contributed by atoms with E-state index < -0.39 is 0 Å². The van der Waals surface area contributed by atoms with Gasteiger partial charge in [-0.25, -0.2) is 0 Å². The number of nitrogens with one attached hydrogen (secondary N) is 1. The quantitative estimate of drug-likeness (QED) is 0.793. The van der Waals surface area contributed by atoms with Crippen molar-refractivity contribution in [3.8, 4) is 0 Å². The van der Waals surface area contributed by atoms with Crippen LogP contribution in [0.15, 0.2) is 24.3 Å². The molecule has 0 aliphatic rings. The molecule has 0 saturated carbocycles. The number of hydrogen-bond acceptors (Lipinski definition) is 3. The molecule has 88 valence electrons. The fourth-order valence-corrected chi connectivity index (χ4v) is 1.56. The first-order chi connectivity index (χ1) is 7.69. The molecule has 0 spiro atoms. The number of amides is 1. The summed E-state index contributed by atoms with van der Waals surface area (Å²) in [5, 5.41) is 12.1.